The first-order valence-corrected chi connectivity index (χ1v) is 10.0. The van der Waals surface area contributed by atoms with E-state index in [9.17, 15) is 4.79 Å². The third kappa shape index (κ3) is 4.34. The predicted molar refractivity (Wildman–Crippen MR) is 113 cm³/mol. The summed E-state index contributed by atoms with van der Waals surface area (Å²) in [4.78, 5) is 17.9. The second-order valence-corrected chi connectivity index (χ2v) is 7.93. The third-order valence-electron chi connectivity index (χ3n) is 4.63. The summed E-state index contributed by atoms with van der Waals surface area (Å²) in [5.74, 6) is 0.528. The van der Waals surface area contributed by atoms with Crippen LogP contribution < -0.4 is 9.54 Å². The van der Waals surface area contributed by atoms with Crippen LogP contribution in [0.4, 0.5) is 0 Å². The van der Waals surface area contributed by atoms with Crippen molar-refractivity contribution in [2.75, 3.05) is 20.8 Å². The molecule has 1 amide bonds. The zero-order chi connectivity index (χ0) is 20.3. The molecule has 148 valence electrons. The van der Waals surface area contributed by atoms with Crippen LogP contribution >= 0.6 is 11.3 Å². The highest BCUT2D eigenvalue weighted by Gasteiger charge is 2.12. The maximum Gasteiger partial charge on any atom is 0.252 e. The summed E-state index contributed by atoms with van der Waals surface area (Å²) in [6.07, 6.45) is 0.210. The number of hydrogen-bond acceptors (Lipinski definition) is 4. The summed E-state index contributed by atoms with van der Waals surface area (Å²) in [5.41, 5.74) is 5.43. The van der Waals surface area contributed by atoms with Gasteiger partial charge in [0.05, 0.1) is 30.4 Å². The first-order valence-electron chi connectivity index (χ1n) is 9.23. The molecule has 1 heterocycles. The van der Waals surface area contributed by atoms with E-state index in [4.69, 9.17) is 9.47 Å². The Balaban J connectivity index is 2.04. The van der Waals surface area contributed by atoms with E-state index in [1.54, 1.807) is 25.6 Å². The fourth-order valence-corrected chi connectivity index (χ4v) is 4.47. The zero-order valence-corrected chi connectivity index (χ0v) is 17.9. The van der Waals surface area contributed by atoms with Crippen molar-refractivity contribution in [1.82, 2.24) is 4.57 Å². The summed E-state index contributed by atoms with van der Waals surface area (Å²) in [5, 5.41) is 0. The Bertz CT molecular complexity index is 1080. The van der Waals surface area contributed by atoms with Gasteiger partial charge in [0.25, 0.3) is 5.91 Å². The number of hydrogen-bond donors (Lipinski definition) is 0. The van der Waals surface area contributed by atoms with Gasteiger partial charge in [-0.3, -0.25) is 4.79 Å². The fourth-order valence-electron chi connectivity index (χ4n) is 3.35. The molecule has 0 aliphatic rings. The average molecular weight is 399 g/mol. The van der Waals surface area contributed by atoms with Crippen molar-refractivity contribution >= 4 is 27.5 Å². The first-order chi connectivity index (χ1) is 13.4. The van der Waals surface area contributed by atoms with Crippen LogP contribution in [0.3, 0.4) is 0 Å². The van der Waals surface area contributed by atoms with Crippen LogP contribution in [0.1, 0.15) is 22.3 Å². The number of fused-ring (bicyclic) bond motifs is 1. The smallest absolute Gasteiger partial charge is 0.252 e. The minimum atomic E-state index is -0.184. The Morgan fingerprint density at radius 2 is 1.89 bits per heavy atom. The summed E-state index contributed by atoms with van der Waals surface area (Å²) in [6, 6.07) is 10.1. The first kappa shape index (κ1) is 20.3. The standard InChI is InChI=1S/C22H26N2O3S/c1-14-6-7-19(27-5)17(11-14)13-20(25)23-22-24(8-9-26-4)18-12-15(2)10-16(3)21(18)28-22/h6-7,10-12H,8-9,13H2,1-5H3. The van der Waals surface area contributed by atoms with Crippen LogP contribution in [0.15, 0.2) is 35.3 Å². The number of ether oxygens (including phenoxy) is 2. The lowest BCUT2D eigenvalue weighted by Gasteiger charge is -2.08. The maximum absolute atomic E-state index is 12.8. The summed E-state index contributed by atoms with van der Waals surface area (Å²) in [7, 11) is 3.29. The molecule has 3 rings (SSSR count). The molecule has 2 aromatic carbocycles. The van der Waals surface area contributed by atoms with Crippen LogP contribution in [0.2, 0.25) is 0 Å². The number of benzene rings is 2. The normalized spacial score (nSPS) is 12.0. The predicted octanol–water partition coefficient (Wildman–Crippen LogP) is 3.95. The van der Waals surface area contributed by atoms with Crippen molar-refractivity contribution in [3.05, 3.63) is 57.4 Å². The molecule has 0 aliphatic carbocycles. The van der Waals surface area contributed by atoms with Gasteiger partial charge in [-0.05, 0) is 44.0 Å². The van der Waals surface area contributed by atoms with Crippen LogP contribution in [0.5, 0.6) is 5.75 Å². The Labute approximate surface area is 169 Å². The molecule has 0 N–H and O–H groups in total. The number of aromatic nitrogens is 1. The molecule has 0 unspecified atom stereocenters. The van der Waals surface area contributed by atoms with Gasteiger partial charge in [-0.2, -0.15) is 4.99 Å². The maximum atomic E-state index is 12.8. The van der Waals surface area contributed by atoms with Gasteiger partial charge in [-0.1, -0.05) is 35.1 Å². The highest BCUT2D eigenvalue weighted by Crippen LogP contribution is 2.24. The van der Waals surface area contributed by atoms with E-state index in [2.05, 4.69) is 35.5 Å². The lowest BCUT2D eigenvalue weighted by atomic mass is 10.1. The lowest BCUT2D eigenvalue weighted by Crippen LogP contribution is -2.20. The molecule has 0 saturated carbocycles. The minimum Gasteiger partial charge on any atom is -0.496 e. The SMILES string of the molecule is COCCn1c(=NC(=O)Cc2cc(C)ccc2OC)sc2c(C)cc(C)cc21. The Morgan fingerprint density at radius 3 is 2.61 bits per heavy atom. The van der Waals surface area contributed by atoms with E-state index in [-0.39, 0.29) is 12.3 Å². The summed E-state index contributed by atoms with van der Waals surface area (Å²) >= 11 is 1.55. The van der Waals surface area contributed by atoms with Gasteiger partial charge in [0.15, 0.2) is 4.80 Å². The van der Waals surface area contributed by atoms with E-state index in [1.165, 1.54) is 11.1 Å². The number of aryl methyl sites for hydroxylation is 3. The number of nitrogens with zero attached hydrogens (tertiary/aromatic N) is 2. The molecule has 1 aromatic heterocycles. The molecule has 0 spiro atoms. The molecule has 28 heavy (non-hydrogen) atoms. The van der Waals surface area contributed by atoms with Crippen LogP contribution in [0, 0.1) is 20.8 Å². The molecule has 0 bridgehead atoms. The van der Waals surface area contributed by atoms with Gasteiger partial charge in [-0.25, -0.2) is 0 Å². The van der Waals surface area contributed by atoms with Crippen molar-refractivity contribution in [1.29, 1.82) is 0 Å². The van der Waals surface area contributed by atoms with Gasteiger partial charge in [0.2, 0.25) is 0 Å². The molecular formula is C22H26N2O3S. The van der Waals surface area contributed by atoms with Crippen LogP contribution in [0.25, 0.3) is 10.2 Å². The number of amides is 1. The molecule has 3 aromatic rings. The molecule has 0 aliphatic heterocycles. The minimum absolute atomic E-state index is 0.184. The Morgan fingerprint density at radius 1 is 1.11 bits per heavy atom. The van der Waals surface area contributed by atoms with Gasteiger partial charge < -0.3 is 14.0 Å². The third-order valence-corrected chi connectivity index (χ3v) is 5.86. The number of carbonyl (C=O) groups is 1. The molecule has 5 nitrogen and oxygen atoms in total. The summed E-state index contributed by atoms with van der Waals surface area (Å²) in [6.45, 7) is 7.39. The van der Waals surface area contributed by atoms with Crippen molar-refractivity contribution in [3.8, 4) is 5.75 Å². The molecule has 0 saturated heterocycles. The highest BCUT2D eigenvalue weighted by atomic mass is 32.1. The topological polar surface area (TPSA) is 52.8 Å². The average Bonchev–Trinajstić information content (AvgIpc) is 2.97. The lowest BCUT2D eigenvalue weighted by molar-refractivity contribution is -0.117. The number of rotatable bonds is 6. The van der Waals surface area contributed by atoms with Gasteiger partial charge in [0.1, 0.15) is 5.75 Å². The molecule has 0 radical (unpaired) electrons. The second kappa shape index (κ2) is 8.71. The molecule has 0 fully saturated rings. The van der Waals surface area contributed by atoms with E-state index in [1.807, 2.05) is 25.1 Å². The van der Waals surface area contributed by atoms with Crippen molar-refractivity contribution in [2.45, 2.75) is 33.7 Å². The Hall–Kier alpha value is -2.44. The van der Waals surface area contributed by atoms with Gasteiger partial charge in [-0.15, -0.1) is 0 Å². The van der Waals surface area contributed by atoms with Crippen molar-refractivity contribution < 1.29 is 14.3 Å². The molecular weight excluding hydrogens is 372 g/mol. The van der Waals surface area contributed by atoms with E-state index in [0.29, 0.717) is 23.7 Å². The quantitative estimate of drug-likeness (QED) is 0.632. The summed E-state index contributed by atoms with van der Waals surface area (Å²) < 4.78 is 13.9. The van der Waals surface area contributed by atoms with Crippen LogP contribution in [-0.2, 0) is 22.5 Å². The van der Waals surface area contributed by atoms with E-state index >= 15 is 0 Å². The highest BCUT2D eigenvalue weighted by molar-refractivity contribution is 7.16. The Kier molecular flexibility index (Phi) is 6.31. The number of thiazole rings is 1. The van der Waals surface area contributed by atoms with E-state index in [0.717, 1.165) is 21.3 Å². The van der Waals surface area contributed by atoms with Gasteiger partial charge in [0, 0.05) is 19.2 Å². The second-order valence-electron chi connectivity index (χ2n) is 6.96. The van der Waals surface area contributed by atoms with Crippen molar-refractivity contribution in [2.24, 2.45) is 4.99 Å². The fraction of sp³-hybridized carbons (Fsp3) is 0.364. The van der Waals surface area contributed by atoms with E-state index < -0.39 is 0 Å². The number of methoxy groups -OCH3 is 2. The van der Waals surface area contributed by atoms with Crippen molar-refractivity contribution in [3.63, 3.8) is 0 Å². The number of carbonyl (C=O) groups excluding carboxylic acids is 1. The largest absolute Gasteiger partial charge is 0.496 e. The van der Waals surface area contributed by atoms with Crippen LogP contribution in [-0.4, -0.2) is 31.3 Å². The molecule has 0 atom stereocenters. The van der Waals surface area contributed by atoms with Gasteiger partial charge >= 0.3 is 0 Å². The molecule has 6 heteroatoms. The zero-order valence-electron chi connectivity index (χ0n) is 17.0. The monoisotopic (exact) mass is 398 g/mol.